The summed E-state index contributed by atoms with van der Waals surface area (Å²) >= 11 is 0. The lowest BCUT2D eigenvalue weighted by molar-refractivity contribution is -0.159. The molecule has 0 aliphatic heterocycles. The second kappa shape index (κ2) is 19.4. The molecule has 1 aromatic rings. The van der Waals surface area contributed by atoms with Gasteiger partial charge in [0, 0.05) is 26.1 Å². The van der Waals surface area contributed by atoms with Gasteiger partial charge in [0.1, 0.15) is 0 Å². The maximum Gasteiger partial charge on any atom is 0.414 e. The van der Waals surface area contributed by atoms with Crippen LogP contribution in [0.4, 0.5) is 0 Å². The number of aromatic nitrogens is 2. The summed E-state index contributed by atoms with van der Waals surface area (Å²) in [5, 5.41) is 14.8. The largest absolute Gasteiger partial charge is 0.473 e. The summed E-state index contributed by atoms with van der Waals surface area (Å²) in [5.74, 6) is -3.65. The quantitative estimate of drug-likeness (QED) is 0.311. The second-order valence-electron chi connectivity index (χ2n) is 6.98. The van der Waals surface area contributed by atoms with Crippen LogP contribution in [0.3, 0.4) is 0 Å². The van der Waals surface area contributed by atoms with E-state index in [1.807, 2.05) is 17.1 Å². The molecule has 1 rings (SSSR count). The number of carboxylic acids is 2. The van der Waals surface area contributed by atoms with Crippen LogP contribution in [-0.4, -0.2) is 58.1 Å². The molecule has 0 saturated carbocycles. The number of imidazole rings is 1. The smallest absolute Gasteiger partial charge is 0.414 e. The monoisotopic (exact) mass is 414 g/mol. The lowest BCUT2D eigenvalue weighted by Crippen LogP contribution is -2.24. The van der Waals surface area contributed by atoms with Gasteiger partial charge in [-0.05, 0) is 6.42 Å². The van der Waals surface area contributed by atoms with Gasteiger partial charge in [-0.25, -0.2) is 14.6 Å². The van der Waals surface area contributed by atoms with Crippen molar-refractivity contribution in [3.63, 3.8) is 0 Å². The van der Waals surface area contributed by atoms with Gasteiger partial charge in [0.2, 0.25) is 0 Å². The Labute approximate surface area is 174 Å². The first-order valence-electron chi connectivity index (χ1n) is 10.5. The molecule has 0 radical (unpaired) electrons. The number of carboxylic acid groups (broad SMARTS) is 2. The number of rotatable bonds is 16. The van der Waals surface area contributed by atoms with Crippen molar-refractivity contribution in [2.24, 2.45) is 0 Å². The maximum atomic E-state index is 9.10. The van der Waals surface area contributed by atoms with Crippen molar-refractivity contribution < 1.29 is 29.3 Å². The zero-order valence-electron chi connectivity index (χ0n) is 17.9. The van der Waals surface area contributed by atoms with Crippen LogP contribution in [0.15, 0.2) is 18.7 Å². The summed E-state index contributed by atoms with van der Waals surface area (Å²) in [7, 11) is 1.74. The van der Waals surface area contributed by atoms with Crippen LogP contribution in [-0.2, 0) is 25.6 Å². The Balaban J connectivity index is 0.00000113. The fraction of sp³-hybridized carbons (Fsp3) is 0.762. The van der Waals surface area contributed by atoms with Crippen molar-refractivity contribution in [1.82, 2.24) is 9.55 Å². The minimum atomic E-state index is -1.82. The number of ether oxygens (including phenoxy) is 2. The van der Waals surface area contributed by atoms with Crippen LogP contribution in [0.1, 0.15) is 71.1 Å². The van der Waals surface area contributed by atoms with Crippen molar-refractivity contribution in [2.45, 2.75) is 83.8 Å². The fourth-order valence-electron chi connectivity index (χ4n) is 2.73. The number of nitrogens with zero attached hydrogens (tertiary/aromatic N) is 2. The molecule has 0 saturated heterocycles. The van der Waals surface area contributed by atoms with Gasteiger partial charge in [0.15, 0.2) is 0 Å². The minimum absolute atomic E-state index is 0.104. The molecule has 2 N–H and O–H groups in total. The van der Waals surface area contributed by atoms with Gasteiger partial charge in [-0.1, -0.05) is 64.7 Å². The Hall–Kier alpha value is -1.93. The van der Waals surface area contributed by atoms with Crippen molar-refractivity contribution in [1.29, 1.82) is 0 Å². The van der Waals surface area contributed by atoms with Gasteiger partial charge < -0.3 is 24.3 Å². The molecule has 0 amide bonds. The molecule has 1 atom stereocenters. The topological polar surface area (TPSA) is 111 Å². The lowest BCUT2D eigenvalue weighted by atomic mass is 10.1. The summed E-state index contributed by atoms with van der Waals surface area (Å²) in [6.45, 7) is 4.58. The number of hydrogen-bond donors (Lipinski definition) is 2. The predicted octanol–water partition coefficient (Wildman–Crippen LogP) is 3.99. The molecule has 0 spiro atoms. The third-order valence-electron chi connectivity index (χ3n) is 4.44. The molecule has 0 aliphatic rings. The lowest BCUT2D eigenvalue weighted by Gasteiger charge is -2.16. The number of aliphatic carboxylic acids is 2. The molecule has 1 heterocycles. The fourth-order valence-corrected chi connectivity index (χ4v) is 2.73. The number of methoxy groups -OCH3 is 1. The maximum absolute atomic E-state index is 9.10. The van der Waals surface area contributed by atoms with E-state index in [1.54, 1.807) is 13.3 Å². The first-order valence-corrected chi connectivity index (χ1v) is 10.5. The first kappa shape index (κ1) is 27.1. The molecule has 0 aliphatic carbocycles. The zero-order chi connectivity index (χ0) is 21.7. The van der Waals surface area contributed by atoms with Crippen molar-refractivity contribution in [2.75, 3.05) is 20.3 Å². The molecule has 168 valence electrons. The Morgan fingerprint density at radius 3 is 1.97 bits per heavy atom. The standard InChI is InChI=1S/C19H36N2O2.C2H2O4/c1-3-4-5-6-7-8-9-10-11-12-15-23-17-19(22-2)16-21-14-13-20-18-21;3-1(4)2(5)6/h13-14,18-19H,3-12,15-17H2,1-2H3;(H,3,4)(H,5,6). The molecule has 0 fully saturated rings. The van der Waals surface area contributed by atoms with Gasteiger partial charge in [-0.2, -0.15) is 0 Å². The first-order chi connectivity index (χ1) is 14.0. The molecular formula is C21H38N2O6. The highest BCUT2D eigenvalue weighted by Crippen LogP contribution is 2.10. The Morgan fingerprint density at radius 2 is 1.52 bits per heavy atom. The Kier molecular flexibility index (Phi) is 18.1. The predicted molar refractivity (Wildman–Crippen MR) is 111 cm³/mol. The van der Waals surface area contributed by atoms with Crippen molar-refractivity contribution in [3.05, 3.63) is 18.7 Å². The Bertz CT molecular complexity index is 495. The van der Waals surface area contributed by atoms with Gasteiger partial charge in [-0.3, -0.25) is 0 Å². The van der Waals surface area contributed by atoms with Gasteiger partial charge >= 0.3 is 11.9 Å². The van der Waals surface area contributed by atoms with Gasteiger partial charge in [-0.15, -0.1) is 0 Å². The molecule has 8 nitrogen and oxygen atoms in total. The highest BCUT2D eigenvalue weighted by atomic mass is 16.5. The number of unbranched alkanes of at least 4 members (excludes halogenated alkanes) is 9. The summed E-state index contributed by atoms with van der Waals surface area (Å²) in [4.78, 5) is 22.2. The molecule has 1 aromatic heterocycles. The molecule has 8 heteroatoms. The summed E-state index contributed by atoms with van der Waals surface area (Å²) < 4.78 is 13.2. The van der Waals surface area contributed by atoms with E-state index in [9.17, 15) is 0 Å². The van der Waals surface area contributed by atoms with E-state index in [1.165, 1.54) is 57.8 Å². The van der Waals surface area contributed by atoms with Crippen LogP contribution in [0.5, 0.6) is 0 Å². The molecule has 1 unspecified atom stereocenters. The van der Waals surface area contributed by atoms with Crippen LogP contribution >= 0.6 is 0 Å². The van der Waals surface area contributed by atoms with Crippen LogP contribution < -0.4 is 0 Å². The van der Waals surface area contributed by atoms with E-state index in [0.29, 0.717) is 6.61 Å². The minimum Gasteiger partial charge on any atom is -0.473 e. The van der Waals surface area contributed by atoms with E-state index in [4.69, 9.17) is 29.3 Å². The van der Waals surface area contributed by atoms with Crippen molar-refractivity contribution >= 4 is 11.9 Å². The summed E-state index contributed by atoms with van der Waals surface area (Å²) in [6.07, 6.45) is 19.2. The van der Waals surface area contributed by atoms with Crippen LogP contribution in [0, 0.1) is 0 Å². The summed E-state index contributed by atoms with van der Waals surface area (Å²) in [6, 6.07) is 0. The molecule has 29 heavy (non-hydrogen) atoms. The highest BCUT2D eigenvalue weighted by Gasteiger charge is 2.08. The third kappa shape index (κ3) is 17.9. The normalized spacial score (nSPS) is 11.5. The average molecular weight is 415 g/mol. The van der Waals surface area contributed by atoms with Crippen molar-refractivity contribution in [3.8, 4) is 0 Å². The van der Waals surface area contributed by atoms with Crippen LogP contribution in [0.25, 0.3) is 0 Å². The molecule has 0 aromatic carbocycles. The van der Waals surface area contributed by atoms with Gasteiger partial charge in [0.05, 0.1) is 25.6 Å². The van der Waals surface area contributed by atoms with E-state index in [0.717, 1.165) is 19.6 Å². The molecule has 0 bridgehead atoms. The number of carbonyl (C=O) groups is 2. The average Bonchev–Trinajstić information content (AvgIpc) is 3.21. The third-order valence-corrected chi connectivity index (χ3v) is 4.44. The Morgan fingerprint density at radius 1 is 0.966 bits per heavy atom. The highest BCUT2D eigenvalue weighted by molar-refractivity contribution is 6.27. The van der Waals surface area contributed by atoms with E-state index in [2.05, 4.69) is 11.9 Å². The van der Waals surface area contributed by atoms with Gasteiger partial charge in [0.25, 0.3) is 0 Å². The van der Waals surface area contributed by atoms with E-state index < -0.39 is 11.9 Å². The summed E-state index contributed by atoms with van der Waals surface area (Å²) in [5.41, 5.74) is 0. The second-order valence-corrected chi connectivity index (χ2v) is 6.98. The molecular weight excluding hydrogens is 376 g/mol. The van der Waals surface area contributed by atoms with E-state index >= 15 is 0 Å². The van der Waals surface area contributed by atoms with Crippen LogP contribution in [0.2, 0.25) is 0 Å². The zero-order valence-corrected chi connectivity index (χ0v) is 17.9. The van der Waals surface area contributed by atoms with E-state index in [-0.39, 0.29) is 6.10 Å². The SMILES string of the molecule is CCCCCCCCCCCCOCC(Cn1ccnc1)OC.O=C(O)C(=O)O. The number of hydrogen-bond acceptors (Lipinski definition) is 5.